The molecule has 2 amide bonds. The number of carbonyl (C=O) groups is 1. The number of nitrogens with one attached hydrogen (secondary N) is 2. The Morgan fingerprint density at radius 2 is 2.17 bits per heavy atom. The normalized spacial score (nSPS) is 16.3. The molecule has 1 saturated heterocycles. The number of hydrazine groups is 1. The average Bonchev–Trinajstić information content (AvgIpc) is 2.40. The van der Waals surface area contributed by atoms with Gasteiger partial charge >= 0.3 is 6.03 Å². The number of morpholine rings is 1. The van der Waals surface area contributed by atoms with Crippen molar-refractivity contribution in [1.82, 2.24) is 10.4 Å². The number of hydrogen-bond donors (Lipinski definition) is 3. The van der Waals surface area contributed by atoms with Crippen LogP contribution in [0.4, 0.5) is 10.5 Å². The summed E-state index contributed by atoms with van der Waals surface area (Å²) in [5.41, 5.74) is 10.1. The molecule has 0 aromatic heterocycles. The number of nitrogens with zero attached hydrogens (tertiary/aromatic N) is 1. The van der Waals surface area contributed by atoms with Crippen molar-refractivity contribution in [2.24, 2.45) is 5.73 Å². The molecule has 0 bridgehead atoms. The summed E-state index contributed by atoms with van der Waals surface area (Å²) in [6.45, 7) is 3.15. The Balaban J connectivity index is 1.85. The molecule has 0 saturated carbocycles. The molecule has 0 atom stereocenters. The molecule has 0 aliphatic carbocycles. The fraction of sp³-hybridized carbons (Fsp3) is 0.417. The average molecular weight is 250 g/mol. The van der Waals surface area contributed by atoms with Gasteiger partial charge in [0.05, 0.1) is 13.2 Å². The van der Waals surface area contributed by atoms with Gasteiger partial charge in [0.1, 0.15) is 0 Å². The van der Waals surface area contributed by atoms with Crippen LogP contribution in [0.25, 0.3) is 0 Å². The summed E-state index contributed by atoms with van der Waals surface area (Å²) < 4.78 is 5.20. The predicted octanol–water partition coefficient (Wildman–Crippen LogP) is 0.514. The number of carbonyl (C=O) groups excluding carboxylic acids is 1. The third-order valence-corrected chi connectivity index (χ3v) is 2.69. The number of urea groups is 1. The molecule has 0 radical (unpaired) electrons. The first-order chi connectivity index (χ1) is 8.78. The summed E-state index contributed by atoms with van der Waals surface area (Å²) in [5.74, 6) is 0. The predicted molar refractivity (Wildman–Crippen MR) is 68.9 cm³/mol. The lowest BCUT2D eigenvalue weighted by Gasteiger charge is -2.26. The van der Waals surface area contributed by atoms with Crippen LogP contribution >= 0.6 is 0 Å². The van der Waals surface area contributed by atoms with E-state index in [0.717, 1.165) is 11.3 Å². The molecule has 1 heterocycles. The molecule has 1 aromatic rings. The van der Waals surface area contributed by atoms with Crippen molar-refractivity contribution in [1.29, 1.82) is 0 Å². The Kier molecular flexibility index (Phi) is 4.52. The Labute approximate surface area is 106 Å². The minimum Gasteiger partial charge on any atom is -0.379 e. The first kappa shape index (κ1) is 12.8. The van der Waals surface area contributed by atoms with Crippen molar-refractivity contribution in [3.8, 4) is 0 Å². The van der Waals surface area contributed by atoms with Gasteiger partial charge in [-0.25, -0.2) is 9.80 Å². The molecule has 1 aliphatic rings. The van der Waals surface area contributed by atoms with Crippen LogP contribution in [0.2, 0.25) is 0 Å². The van der Waals surface area contributed by atoms with E-state index in [9.17, 15) is 4.79 Å². The Hall–Kier alpha value is -1.63. The molecule has 4 N–H and O–H groups in total. The van der Waals surface area contributed by atoms with Crippen LogP contribution in [0.3, 0.4) is 0 Å². The Morgan fingerprint density at radius 1 is 1.39 bits per heavy atom. The van der Waals surface area contributed by atoms with Crippen molar-refractivity contribution in [3.63, 3.8) is 0 Å². The minimum absolute atomic E-state index is 0.244. The van der Waals surface area contributed by atoms with Gasteiger partial charge in [0.2, 0.25) is 0 Å². The van der Waals surface area contributed by atoms with Crippen molar-refractivity contribution < 1.29 is 9.53 Å². The maximum atomic E-state index is 11.7. The van der Waals surface area contributed by atoms with Crippen LogP contribution in [0.15, 0.2) is 24.3 Å². The van der Waals surface area contributed by atoms with Gasteiger partial charge in [0.15, 0.2) is 0 Å². The molecule has 18 heavy (non-hydrogen) atoms. The second-order valence-corrected chi connectivity index (χ2v) is 4.07. The summed E-state index contributed by atoms with van der Waals surface area (Å²) in [5, 5.41) is 4.61. The highest BCUT2D eigenvalue weighted by atomic mass is 16.5. The molecule has 1 fully saturated rings. The molecule has 2 rings (SSSR count). The third kappa shape index (κ3) is 3.69. The van der Waals surface area contributed by atoms with Gasteiger partial charge in [0.25, 0.3) is 0 Å². The monoisotopic (exact) mass is 250 g/mol. The first-order valence-electron chi connectivity index (χ1n) is 5.97. The fourth-order valence-electron chi connectivity index (χ4n) is 1.75. The molecule has 1 aromatic carbocycles. The number of rotatable bonds is 3. The highest BCUT2D eigenvalue weighted by Crippen LogP contribution is 2.09. The Morgan fingerprint density at radius 3 is 2.89 bits per heavy atom. The molecule has 98 valence electrons. The quantitative estimate of drug-likeness (QED) is 0.730. The van der Waals surface area contributed by atoms with Gasteiger partial charge in [-0.3, -0.25) is 5.43 Å². The van der Waals surface area contributed by atoms with Crippen LogP contribution in [0.5, 0.6) is 0 Å². The van der Waals surface area contributed by atoms with Crippen LogP contribution < -0.4 is 16.5 Å². The number of benzene rings is 1. The van der Waals surface area contributed by atoms with Gasteiger partial charge in [0, 0.05) is 25.3 Å². The van der Waals surface area contributed by atoms with Crippen molar-refractivity contribution in [3.05, 3.63) is 29.8 Å². The van der Waals surface area contributed by atoms with Crippen LogP contribution in [-0.4, -0.2) is 37.3 Å². The molecule has 6 nitrogen and oxygen atoms in total. The second kappa shape index (κ2) is 6.34. The smallest absolute Gasteiger partial charge is 0.333 e. The standard InChI is InChI=1S/C12H18N4O2/c13-9-10-2-1-3-11(8-10)14-12(17)15-16-4-6-18-7-5-16/h1-3,8H,4-7,9,13H2,(H2,14,15,17). The largest absolute Gasteiger partial charge is 0.379 e. The third-order valence-electron chi connectivity index (χ3n) is 2.69. The maximum Gasteiger partial charge on any atom is 0.333 e. The van der Waals surface area contributed by atoms with Crippen molar-refractivity contribution >= 4 is 11.7 Å². The maximum absolute atomic E-state index is 11.7. The topological polar surface area (TPSA) is 79.6 Å². The van der Waals surface area contributed by atoms with E-state index in [4.69, 9.17) is 10.5 Å². The number of anilines is 1. The summed E-state index contributed by atoms with van der Waals surface area (Å²) in [4.78, 5) is 11.7. The van der Waals surface area contributed by atoms with Crippen LogP contribution in [0, 0.1) is 0 Å². The van der Waals surface area contributed by atoms with E-state index in [1.54, 1.807) is 0 Å². The molecule has 0 spiro atoms. The zero-order valence-electron chi connectivity index (χ0n) is 10.2. The lowest BCUT2D eigenvalue weighted by atomic mass is 10.2. The highest BCUT2D eigenvalue weighted by Gasteiger charge is 2.12. The van der Waals surface area contributed by atoms with E-state index >= 15 is 0 Å². The molecular weight excluding hydrogens is 232 g/mol. The molecule has 0 unspecified atom stereocenters. The number of nitrogens with two attached hydrogens (primary N) is 1. The zero-order chi connectivity index (χ0) is 12.8. The van der Waals surface area contributed by atoms with Crippen LogP contribution in [-0.2, 0) is 11.3 Å². The lowest BCUT2D eigenvalue weighted by molar-refractivity contribution is 0.0207. The summed E-state index contributed by atoms with van der Waals surface area (Å²) in [6, 6.07) is 7.24. The lowest BCUT2D eigenvalue weighted by Crippen LogP contribution is -2.49. The van der Waals surface area contributed by atoms with E-state index in [1.807, 2.05) is 29.3 Å². The number of ether oxygens (including phenoxy) is 1. The van der Waals surface area contributed by atoms with Gasteiger partial charge in [-0.15, -0.1) is 0 Å². The summed E-state index contributed by atoms with van der Waals surface area (Å²) in [7, 11) is 0. The Bertz CT molecular complexity index is 405. The minimum atomic E-state index is -0.244. The van der Waals surface area contributed by atoms with E-state index in [0.29, 0.717) is 32.8 Å². The summed E-state index contributed by atoms with van der Waals surface area (Å²) >= 11 is 0. The van der Waals surface area contributed by atoms with Crippen LogP contribution in [0.1, 0.15) is 5.56 Å². The molecule has 1 aliphatic heterocycles. The van der Waals surface area contributed by atoms with Gasteiger partial charge in [-0.1, -0.05) is 12.1 Å². The number of amides is 2. The molecular formula is C12H18N4O2. The van der Waals surface area contributed by atoms with E-state index < -0.39 is 0 Å². The first-order valence-corrected chi connectivity index (χ1v) is 5.97. The number of hydrogen-bond acceptors (Lipinski definition) is 4. The van der Waals surface area contributed by atoms with E-state index in [1.165, 1.54) is 0 Å². The highest BCUT2D eigenvalue weighted by molar-refractivity contribution is 5.88. The van der Waals surface area contributed by atoms with Gasteiger partial charge in [-0.05, 0) is 17.7 Å². The van der Waals surface area contributed by atoms with Gasteiger partial charge < -0.3 is 15.8 Å². The molecule has 6 heteroatoms. The van der Waals surface area contributed by atoms with Gasteiger partial charge in [-0.2, -0.15) is 0 Å². The second-order valence-electron chi connectivity index (χ2n) is 4.07. The summed E-state index contributed by atoms with van der Waals surface area (Å²) in [6.07, 6.45) is 0. The van der Waals surface area contributed by atoms with E-state index in [-0.39, 0.29) is 6.03 Å². The van der Waals surface area contributed by atoms with Crippen molar-refractivity contribution in [2.45, 2.75) is 6.54 Å². The van der Waals surface area contributed by atoms with E-state index in [2.05, 4.69) is 10.7 Å². The fourth-order valence-corrected chi connectivity index (χ4v) is 1.75. The SMILES string of the molecule is NCc1cccc(NC(=O)NN2CCOCC2)c1. The zero-order valence-corrected chi connectivity index (χ0v) is 10.2. The van der Waals surface area contributed by atoms with Crippen molar-refractivity contribution in [2.75, 3.05) is 31.6 Å².